The Kier molecular flexibility index (Phi) is 6.83. The predicted molar refractivity (Wildman–Crippen MR) is 111 cm³/mol. The molecule has 0 saturated carbocycles. The highest BCUT2D eigenvalue weighted by atomic mass is 16.5. The molecule has 3 rings (SSSR count). The Morgan fingerprint density at radius 2 is 1.97 bits per heavy atom. The fraction of sp³-hybridized carbons (Fsp3) is 0.565. The van der Waals surface area contributed by atoms with E-state index in [1.807, 2.05) is 20.8 Å². The van der Waals surface area contributed by atoms with Crippen LogP contribution in [-0.2, 0) is 20.7 Å². The Morgan fingerprint density at radius 3 is 2.70 bits per heavy atom. The van der Waals surface area contributed by atoms with Gasteiger partial charge >= 0.3 is 5.97 Å². The van der Waals surface area contributed by atoms with Crippen LogP contribution in [0, 0.1) is 5.41 Å². The molecule has 7 heteroatoms. The molecule has 30 heavy (non-hydrogen) atoms. The van der Waals surface area contributed by atoms with Gasteiger partial charge in [0.05, 0.1) is 18.3 Å². The van der Waals surface area contributed by atoms with Crippen LogP contribution in [0.15, 0.2) is 30.5 Å². The Labute approximate surface area is 177 Å². The van der Waals surface area contributed by atoms with E-state index in [0.29, 0.717) is 37.7 Å². The van der Waals surface area contributed by atoms with Crippen LogP contribution in [0.4, 0.5) is 0 Å². The van der Waals surface area contributed by atoms with Crippen molar-refractivity contribution in [1.29, 1.82) is 0 Å². The molecule has 1 saturated heterocycles. The Balaban J connectivity index is 1.78. The lowest BCUT2D eigenvalue weighted by Gasteiger charge is -2.36. The van der Waals surface area contributed by atoms with Crippen molar-refractivity contribution in [2.45, 2.75) is 77.3 Å². The van der Waals surface area contributed by atoms with Gasteiger partial charge < -0.3 is 25.0 Å². The number of hydrogen-bond donors (Lipinski definition) is 3. The standard InChI is InChI=1S/C23H31NO6/c1-23(2,3)22(28)24-9-5-7-16-13-18-12-15(25)11-17(29-18)10-14-6-4-8-19(26)20(14)21(27)30-16/h4-6,8-9,15-18,25-26H,7,10-13H2,1-3H3,(H,24,28)/b9-5+/t15-,16?,17?,18-/m1/s1. The number of ether oxygens (including phenoxy) is 2. The second-order valence-corrected chi connectivity index (χ2v) is 9.15. The third-order valence-corrected chi connectivity index (χ3v) is 5.45. The number of carbonyl (C=O) groups excluding carboxylic acids is 2. The summed E-state index contributed by atoms with van der Waals surface area (Å²) in [6.07, 6.45) is 4.07. The van der Waals surface area contributed by atoms with Gasteiger partial charge in [0.15, 0.2) is 0 Å². The Bertz CT molecular complexity index is 812. The summed E-state index contributed by atoms with van der Waals surface area (Å²) in [4.78, 5) is 24.8. The van der Waals surface area contributed by atoms with Gasteiger partial charge in [-0.2, -0.15) is 0 Å². The van der Waals surface area contributed by atoms with E-state index in [1.54, 1.807) is 24.4 Å². The fourth-order valence-electron chi connectivity index (χ4n) is 3.87. The van der Waals surface area contributed by atoms with Gasteiger partial charge in [-0.05, 0) is 37.1 Å². The van der Waals surface area contributed by atoms with Crippen molar-refractivity contribution in [3.05, 3.63) is 41.6 Å². The maximum Gasteiger partial charge on any atom is 0.342 e. The van der Waals surface area contributed by atoms with Crippen LogP contribution in [0.5, 0.6) is 5.75 Å². The van der Waals surface area contributed by atoms with Gasteiger partial charge in [-0.25, -0.2) is 4.79 Å². The van der Waals surface area contributed by atoms with Crippen LogP contribution in [0.1, 0.15) is 62.4 Å². The summed E-state index contributed by atoms with van der Waals surface area (Å²) in [7, 11) is 0. The number of aliphatic hydroxyl groups is 1. The lowest BCUT2D eigenvalue weighted by molar-refractivity contribution is -0.127. The number of phenols is 1. The van der Waals surface area contributed by atoms with Crippen molar-refractivity contribution in [3.63, 3.8) is 0 Å². The van der Waals surface area contributed by atoms with Crippen LogP contribution >= 0.6 is 0 Å². The molecule has 0 aromatic heterocycles. The van der Waals surface area contributed by atoms with Crippen molar-refractivity contribution >= 4 is 11.9 Å². The van der Waals surface area contributed by atoms with Crippen LogP contribution in [0.3, 0.4) is 0 Å². The fourth-order valence-corrected chi connectivity index (χ4v) is 3.87. The third-order valence-electron chi connectivity index (χ3n) is 5.45. The highest BCUT2D eigenvalue weighted by Gasteiger charge is 2.34. The van der Waals surface area contributed by atoms with Crippen LogP contribution in [0.25, 0.3) is 0 Å². The van der Waals surface area contributed by atoms with Gasteiger partial charge in [-0.1, -0.05) is 39.0 Å². The molecular weight excluding hydrogens is 386 g/mol. The number of aliphatic hydroxyl groups excluding tert-OH is 1. The first-order chi connectivity index (χ1) is 14.1. The van der Waals surface area contributed by atoms with Gasteiger partial charge in [0.1, 0.15) is 17.4 Å². The van der Waals surface area contributed by atoms with E-state index in [9.17, 15) is 19.8 Å². The zero-order valence-corrected chi connectivity index (χ0v) is 17.8. The van der Waals surface area contributed by atoms with E-state index in [0.717, 1.165) is 0 Å². The average molecular weight is 418 g/mol. The highest BCUT2D eigenvalue weighted by molar-refractivity contribution is 5.94. The van der Waals surface area contributed by atoms with Crippen molar-refractivity contribution < 1.29 is 29.3 Å². The van der Waals surface area contributed by atoms with Crippen molar-refractivity contribution in [3.8, 4) is 5.75 Å². The van der Waals surface area contributed by atoms with E-state index >= 15 is 0 Å². The third kappa shape index (κ3) is 5.61. The molecule has 2 aliphatic rings. The molecule has 2 bridgehead atoms. The van der Waals surface area contributed by atoms with Crippen molar-refractivity contribution in [1.82, 2.24) is 5.32 Å². The Morgan fingerprint density at radius 1 is 1.23 bits per heavy atom. The van der Waals surface area contributed by atoms with Crippen molar-refractivity contribution in [2.24, 2.45) is 5.41 Å². The predicted octanol–water partition coefficient (Wildman–Crippen LogP) is 2.84. The van der Waals surface area contributed by atoms with E-state index < -0.39 is 23.6 Å². The van der Waals surface area contributed by atoms with Gasteiger partial charge in [0.25, 0.3) is 0 Å². The first-order valence-electron chi connectivity index (χ1n) is 10.4. The smallest absolute Gasteiger partial charge is 0.342 e. The summed E-state index contributed by atoms with van der Waals surface area (Å²) >= 11 is 0. The molecule has 0 spiro atoms. The molecule has 4 atom stereocenters. The molecule has 164 valence electrons. The molecule has 2 unspecified atom stereocenters. The molecular formula is C23H31NO6. The summed E-state index contributed by atoms with van der Waals surface area (Å²) < 4.78 is 11.9. The minimum Gasteiger partial charge on any atom is -0.507 e. The van der Waals surface area contributed by atoms with Gasteiger partial charge in [-0.15, -0.1) is 0 Å². The van der Waals surface area contributed by atoms with E-state index in [2.05, 4.69) is 5.32 Å². The number of aromatic hydroxyl groups is 1. The first kappa shape index (κ1) is 22.3. The summed E-state index contributed by atoms with van der Waals surface area (Å²) in [5.74, 6) is -0.805. The monoisotopic (exact) mass is 417 g/mol. The number of esters is 1. The topological polar surface area (TPSA) is 105 Å². The number of phenolic OH excluding ortho intramolecular Hbond substituents is 1. The number of fused-ring (bicyclic) bond motifs is 3. The van der Waals surface area contributed by atoms with Crippen LogP contribution < -0.4 is 5.32 Å². The van der Waals surface area contributed by atoms with Gasteiger partial charge in [-0.3, -0.25) is 4.79 Å². The number of cyclic esters (lactones) is 1. The number of hydrogen-bond acceptors (Lipinski definition) is 6. The lowest BCUT2D eigenvalue weighted by Crippen LogP contribution is -2.40. The van der Waals surface area contributed by atoms with Gasteiger partial charge in [0, 0.05) is 18.3 Å². The zero-order chi connectivity index (χ0) is 21.9. The quantitative estimate of drug-likeness (QED) is 0.653. The summed E-state index contributed by atoms with van der Waals surface area (Å²) in [6.45, 7) is 5.47. The van der Waals surface area contributed by atoms with E-state index in [-0.39, 0.29) is 29.4 Å². The maximum absolute atomic E-state index is 12.8. The van der Waals surface area contributed by atoms with Crippen LogP contribution in [0.2, 0.25) is 0 Å². The maximum atomic E-state index is 12.8. The zero-order valence-electron chi connectivity index (χ0n) is 17.8. The minimum atomic E-state index is -0.569. The Hall–Kier alpha value is -2.38. The first-order valence-corrected chi connectivity index (χ1v) is 10.4. The molecule has 3 N–H and O–H groups in total. The molecule has 2 heterocycles. The lowest BCUT2D eigenvalue weighted by atomic mass is 9.91. The molecule has 0 radical (unpaired) electrons. The highest BCUT2D eigenvalue weighted by Crippen LogP contribution is 2.32. The number of amides is 1. The van der Waals surface area contributed by atoms with Crippen LogP contribution in [-0.4, -0.2) is 46.5 Å². The number of nitrogens with one attached hydrogen (secondary N) is 1. The molecule has 1 amide bonds. The molecule has 2 aliphatic heterocycles. The molecule has 1 aromatic carbocycles. The minimum absolute atomic E-state index is 0.109. The molecule has 0 aliphatic carbocycles. The van der Waals surface area contributed by atoms with E-state index in [1.165, 1.54) is 6.07 Å². The van der Waals surface area contributed by atoms with Gasteiger partial charge in [0.2, 0.25) is 5.91 Å². The average Bonchev–Trinajstić information content (AvgIpc) is 2.63. The largest absolute Gasteiger partial charge is 0.507 e. The SMILES string of the molecule is CC(C)(C)C(=O)N/C=C/CC1C[C@H]2C[C@H](O)CC(Cc3cccc(O)c3C(=O)O1)O2. The molecule has 1 aromatic rings. The number of benzene rings is 1. The second-order valence-electron chi connectivity index (χ2n) is 9.15. The van der Waals surface area contributed by atoms with E-state index in [4.69, 9.17) is 9.47 Å². The number of rotatable bonds is 3. The summed E-state index contributed by atoms with van der Waals surface area (Å²) in [5, 5.41) is 23.3. The second kappa shape index (κ2) is 9.18. The normalized spacial score (nSPS) is 27.3. The summed E-state index contributed by atoms with van der Waals surface area (Å²) in [6, 6.07) is 4.92. The molecule has 7 nitrogen and oxygen atoms in total. The van der Waals surface area contributed by atoms with Crippen molar-refractivity contribution in [2.75, 3.05) is 0 Å². The molecule has 1 fully saturated rings. The summed E-state index contributed by atoms with van der Waals surface area (Å²) in [5.41, 5.74) is 0.288. The number of carbonyl (C=O) groups is 2.